The summed E-state index contributed by atoms with van der Waals surface area (Å²) in [6, 6.07) is 5.19. The highest BCUT2D eigenvalue weighted by Crippen LogP contribution is 2.23. The number of sulfonamides is 1. The highest BCUT2D eigenvalue weighted by atomic mass is 35.5. The third-order valence-corrected chi connectivity index (χ3v) is 4.49. The molecule has 0 bridgehead atoms. The Hall–Kier alpha value is -0.780. The zero-order valence-electron chi connectivity index (χ0n) is 11.4. The molecular weight excluding hydrogens is 284 g/mol. The van der Waals surface area contributed by atoms with Gasteiger partial charge >= 0.3 is 0 Å². The van der Waals surface area contributed by atoms with Crippen molar-refractivity contribution in [1.29, 1.82) is 0 Å². The molecule has 0 amide bonds. The summed E-state index contributed by atoms with van der Waals surface area (Å²) in [5, 5.41) is 3.74. The van der Waals surface area contributed by atoms with Crippen LogP contribution in [0.15, 0.2) is 18.2 Å². The van der Waals surface area contributed by atoms with Gasteiger partial charge in [0.1, 0.15) is 0 Å². The van der Waals surface area contributed by atoms with Gasteiger partial charge in [-0.15, -0.1) is 0 Å². The topological polar surface area (TPSA) is 58.2 Å². The second-order valence-electron chi connectivity index (χ2n) is 4.44. The van der Waals surface area contributed by atoms with Crippen molar-refractivity contribution < 1.29 is 8.42 Å². The van der Waals surface area contributed by atoms with Gasteiger partial charge in [-0.3, -0.25) is 4.72 Å². The van der Waals surface area contributed by atoms with Gasteiger partial charge in [0, 0.05) is 5.02 Å². The van der Waals surface area contributed by atoms with E-state index in [9.17, 15) is 8.42 Å². The van der Waals surface area contributed by atoms with Crippen molar-refractivity contribution in [1.82, 2.24) is 5.32 Å². The second-order valence-corrected chi connectivity index (χ2v) is 6.69. The Kier molecular flexibility index (Phi) is 6.62. The Morgan fingerprint density at radius 1 is 1.26 bits per heavy atom. The number of hydrogen-bond acceptors (Lipinski definition) is 3. The van der Waals surface area contributed by atoms with Crippen LogP contribution in [-0.4, -0.2) is 27.3 Å². The molecule has 0 unspecified atom stereocenters. The lowest BCUT2D eigenvalue weighted by Gasteiger charge is -2.11. The van der Waals surface area contributed by atoms with Crippen LogP contribution in [0.25, 0.3) is 0 Å². The normalized spacial score (nSPS) is 11.5. The van der Waals surface area contributed by atoms with E-state index in [-0.39, 0.29) is 5.75 Å². The summed E-state index contributed by atoms with van der Waals surface area (Å²) in [4.78, 5) is 0. The Labute approximate surface area is 120 Å². The molecule has 0 aliphatic heterocycles. The Balaban J connectivity index is 2.52. The van der Waals surface area contributed by atoms with Crippen molar-refractivity contribution in [2.24, 2.45) is 0 Å². The third-order valence-electron chi connectivity index (χ3n) is 2.73. The molecule has 0 fully saturated rings. The van der Waals surface area contributed by atoms with Crippen molar-refractivity contribution in [3.63, 3.8) is 0 Å². The van der Waals surface area contributed by atoms with Gasteiger partial charge in [-0.05, 0) is 50.6 Å². The van der Waals surface area contributed by atoms with Crippen molar-refractivity contribution in [3.05, 3.63) is 28.8 Å². The molecular formula is C13H21ClN2O2S. The lowest BCUT2D eigenvalue weighted by atomic mass is 10.2. The minimum absolute atomic E-state index is 0.107. The molecule has 2 N–H and O–H groups in total. The fourth-order valence-electron chi connectivity index (χ4n) is 1.63. The molecule has 0 radical (unpaired) electrons. The van der Waals surface area contributed by atoms with E-state index in [1.54, 1.807) is 25.1 Å². The van der Waals surface area contributed by atoms with E-state index >= 15 is 0 Å². The van der Waals surface area contributed by atoms with Gasteiger partial charge in [0.2, 0.25) is 10.0 Å². The molecule has 0 aliphatic carbocycles. The molecule has 6 heteroatoms. The molecule has 108 valence electrons. The van der Waals surface area contributed by atoms with E-state index in [0.717, 1.165) is 18.5 Å². The highest BCUT2D eigenvalue weighted by molar-refractivity contribution is 7.92. The van der Waals surface area contributed by atoms with Crippen LogP contribution in [0.2, 0.25) is 5.02 Å². The molecule has 0 aromatic heterocycles. The predicted molar refractivity (Wildman–Crippen MR) is 81.4 cm³/mol. The van der Waals surface area contributed by atoms with Gasteiger partial charge in [0.15, 0.2) is 0 Å². The molecule has 1 rings (SSSR count). The number of rotatable bonds is 8. The van der Waals surface area contributed by atoms with Crippen molar-refractivity contribution in [2.75, 3.05) is 23.6 Å². The SMILES string of the molecule is CCCNCCCS(=O)(=O)Nc1cccc(Cl)c1C. The quantitative estimate of drug-likeness (QED) is 0.726. The fourth-order valence-corrected chi connectivity index (χ4v) is 2.98. The first-order valence-electron chi connectivity index (χ1n) is 6.42. The first kappa shape index (κ1) is 16.3. The van der Waals surface area contributed by atoms with Gasteiger partial charge in [0.05, 0.1) is 11.4 Å². The van der Waals surface area contributed by atoms with Gasteiger partial charge < -0.3 is 5.32 Å². The lowest BCUT2D eigenvalue weighted by Crippen LogP contribution is -2.22. The van der Waals surface area contributed by atoms with Gasteiger partial charge in [0.25, 0.3) is 0 Å². The van der Waals surface area contributed by atoms with Crippen LogP contribution >= 0.6 is 11.6 Å². The lowest BCUT2D eigenvalue weighted by molar-refractivity contribution is 0.593. The highest BCUT2D eigenvalue weighted by Gasteiger charge is 2.12. The maximum absolute atomic E-state index is 11.9. The molecule has 0 aliphatic rings. The number of nitrogens with one attached hydrogen (secondary N) is 2. The smallest absolute Gasteiger partial charge is 0.232 e. The zero-order chi connectivity index (χ0) is 14.3. The minimum Gasteiger partial charge on any atom is -0.317 e. The maximum Gasteiger partial charge on any atom is 0.232 e. The minimum atomic E-state index is -3.31. The molecule has 0 saturated carbocycles. The number of hydrogen-bond donors (Lipinski definition) is 2. The van der Waals surface area contributed by atoms with Crippen LogP contribution in [0.1, 0.15) is 25.3 Å². The first-order chi connectivity index (χ1) is 8.96. The summed E-state index contributed by atoms with van der Waals surface area (Å²) in [5.74, 6) is 0.107. The van der Waals surface area contributed by atoms with E-state index in [1.165, 1.54) is 0 Å². The van der Waals surface area contributed by atoms with E-state index in [0.29, 0.717) is 23.7 Å². The average Bonchev–Trinajstić information content (AvgIpc) is 2.34. The molecule has 0 heterocycles. The summed E-state index contributed by atoms with van der Waals surface area (Å²) in [6.45, 7) is 5.50. The maximum atomic E-state index is 11.9. The van der Waals surface area contributed by atoms with Gasteiger partial charge in [-0.1, -0.05) is 24.6 Å². The largest absolute Gasteiger partial charge is 0.317 e. The molecule has 0 atom stereocenters. The summed E-state index contributed by atoms with van der Waals surface area (Å²) < 4.78 is 26.4. The molecule has 19 heavy (non-hydrogen) atoms. The summed E-state index contributed by atoms with van der Waals surface area (Å²) in [7, 11) is -3.31. The Morgan fingerprint density at radius 3 is 2.68 bits per heavy atom. The van der Waals surface area contributed by atoms with E-state index in [1.807, 2.05) is 0 Å². The van der Waals surface area contributed by atoms with Crippen LogP contribution < -0.4 is 10.0 Å². The van der Waals surface area contributed by atoms with Crippen molar-refractivity contribution >= 4 is 27.3 Å². The summed E-state index contributed by atoms with van der Waals surface area (Å²) >= 11 is 5.96. The van der Waals surface area contributed by atoms with E-state index < -0.39 is 10.0 Å². The van der Waals surface area contributed by atoms with Crippen LogP contribution in [-0.2, 0) is 10.0 Å². The standard InChI is InChI=1S/C13H21ClN2O2S/c1-3-8-15-9-5-10-19(17,18)16-13-7-4-6-12(14)11(13)2/h4,6-7,15-16H,3,5,8-10H2,1-2H3. The summed E-state index contributed by atoms with van der Waals surface area (Å²) in [6.07, 6.45) is 1.64. The van der Waals surface area contributed by atoms with E-state index in [4.69, 9.17) is 11.6 Å². The van der Waals surface area contributed by atoms with Crippen LogP contribution in [0.4, 0.5) is 5.69 Å². The average molecular weight is 305 g/mol. The van der Waals surface area contributed by atoms with Crippen molar-refractivity contribution in [3.8, 4) is 0 Å². The number of halogens is 1. The van der Waals surface area contributed by atoms with E-state index in [2.05, 4.69) is 17.0 Å². The number of anilines is 1. The molecule has 4 nitrogen and oxygen atoms in total. The van der Waals surface area contributed by atoms with Crippen LogP contribution in [0, 0.1) is 6.92 Å². The van der Waals surface area contributed by atoms with Crippen LogP contribution in [0.3, 0.4) is 0 Å². The van der Waals surface area contributed by atoms with Gasteiger partial charge in [-0.25, -0.2) is 8.42 Å². The molecule has 0 spiro atoms. The van der Waals surface area contributed by atoms with Gasteiger partial charge in [-0.2, -0.15) is 0 Å². The molecule has 1 aromatic rings. The summed E-state index contributed by atoms with van der Waals surface area (Å²) in [5.41, 5.74) is 1.30. The third kappa shape index (κ3) is 5.80. The van der Waals surface area contributed by atoms with Crippen LogP contribution in [0.5, 0.6) is 0 Å². The first-order valence-corrected chi connectivity index (χ1v) is 8.45. The number of benzene rings is 1. The Bertz CT molecular complexity index is 503. The molecule has 0 saturated heterocycles. The second kappa shape index (κ2) is 7.72. The molecule has 1 aromatic carbocycles. The zero-order valence-corrected chi connectivity index (χ0v) is 12.9. The predicted octanol–water partition coefficient (Wildman–Crippen LogP) is 2.78. The fraction of sp³-hybridized carbons (Fsp3) is 0.538. The Morgan fingerprint density at radius 2 is 2.00 bits per heavy atom. The monoisotopic (exact) mass is 304 g/mol. The van der Waals surface area contributed by atoms with Crippen molar-refractivity contribution in [2.45, 2.75) is 26.7 Å².